The smallest absolute Gasteiger partial charge is 0.262 e. The minimum absolute atomic E-state index is 0.00790. The van der Waals surface area contributed by atoms with Crippen LogP contribution in [0.15, 0.2) is 46.3 Å². The molecule has 28 heavy (non-hydrogen) atoms. The van der Waals surface area contributed by atoms with Crippen LogP contribution < -0.4 is 10.3 Å². The average Bonchev–Trinajstić information content (AvgIpc) is 2.65. The number of hydrogen-bond acceptors (Lipinski definition) is 5. The van der Waals surface area contributed by atoms with E-state index in [0.29, 0.717) is 38.1 Å². The molecule has 0 radical (unpaired) electrons. The maximum Gasteiger partial charge on any atom is 0.262 e. The summed E-state index contributed by atoms with van der Waals surface area (Å²) in [4.78, 5) is 29.4. The van der Waals surface area contributed by atoms with Crippen LogP contribution in [0.1, 0.15) is 42.7 Å². The summed E-state index contributed by atoms with van der Waals surface area (Å²) in [7, 11) is 1.59. The van der Waals surface area contributed by atoms with Gasteiger partial charge in [-0.1, -0.05) is 23.4 Å². The van der Waals surface area contributed by atoms with Crippen molar-refractivity contribution in [1.82, 2.24) is 9.55 Å². The maximum atomic E-state index is 13.0. The number of ether oxygens (including phenoxy) is 1. The molecule has 0 aliphatic rings. The lowest BCUT2D eigenvalue weighted by atomic mass is 10.1. The molecule has 0 bridgehead atoms. The molecule has 146 valence electrons. The molecule has 1 heterocycles. The molecule has 0 aliphatic carbocycles. The summed E-state index contributed by atoms with van der Waals surface area (Å²) in [6.45, 7) is 5.43. The molecule has 0 aliphatic heterocycles. The van der Waals surface area contributed by atoms with Crippen LogP contribution in [0.4, 0.5) is 0 Å². The molecule has 5 nitrogen and oxygen atoms in total. The van der Waals surface area contributed by atoms with Crippen LogP contribution >= 0.6 is 23.4 Å². The zero-order valence-corrected chi connectivity index (χ0v) is 17.7. The Balaban J connectivity index is 2.05. The van der Waals surface area contributed by atoms with Crippen LogP contribution in [-0.2, 0) is 5.75 Å². The SMILES string of the molecule is COc1ccc(C(C)=O)cc1CSc1nc2cc(Cl)ccc2c(=O)n1C(C)C. The van der Waals surface area contributed by atoms with E-state index < -0.39 is 0 Å². The van der Waals surface area contributed by atoms with E-state index >= 15 is 0 Å². The highest BCUT2D eigenvalue weighted by atomic mass is 35.5. The van der Waals surface area contributed by atoms with Crippen molar-refractivity contribution >= 4 is 40.0 Å². The fourth-order valence-corrected chi connectivity index (χ4v) is 4.23. The summed E-state index contributed by atoms with van der Waals surface area (Å²) in [5, 5.41) is 1.68. The van der Waals surface area contributed by atoms with E-state index in [2.05, 4.69) is 4.98 Å². The Morgan fingerprint density at radius 3 is 2.64 bits per heavy atom. The van der Waals surface area contributed by atoms with Gasteiger partial charge in [0, 0.05) is 27.9 Å². The third-order valence-corrected chi connectivity index (χ3v) is 5.63. The molecular formula is C21H21ClN2O3S. The predicted octanol–water partition coefficient (Wildman–Crippen LogP) is 5.13. The fourth-order valence-electron chi connectivity index (χ4n) is 2.96. The van der Waals surface area contributed by atoms with Gasteiger partial charge in [-0.2, -0.15) is 0 Å². The Morgan fingerprint density at radius 2 is 2.00 bits per heavy atom. The van der Waals surface area contributed by atoms with Gasteiger partial charge < -0.3 is 4.74 Å². The van der Waals surface area contributed by atoms with E-state index in [4.69, 9.17) is 16.3 Å². The van der Waals surface area contributed by atoms with E-state index in [9.17, 15) is 9.59 Å². The second-order valence-electron chi connectivity index (χ2n) is 6.70. The van der Waals surface area contributed by atoms with Gasteiger partial charge in [0.2, 0.25) is 0 Å². The minimum Gasteiger partial charge on any atom is -0.496 e. The van der Waals surface area contributed by atoms with Gasteiger partial charge in [0.15, 0.2) is 10.9 Å². The molecule has 0 saturated heterocycles. The number of hydrogen-bond donors (Lipinski definition) is 0. The summed E-state index contributed by atoms with van der Waals surface area (Å²) in [5.41, 5.74) is 1.97. The van der Waals surface area contributed by atoms with Gasteiger partial charge in [0.25, 0.3) is 5.56 Å². The standard InChI is InChI=1S/C21H21ClN2O3S/c1-12(2)24-20(26)17-7-6-16(22)10-18(17)23-21(24)28-11-15-9-14(13(3)25)5-8-19(15)27-4/h5-10,12H,11H2,1-4H3. The monoisotopic (exact) mass is 416 g/mol. The van der Waals surface area contributed by atoms with Gasteiger partial charge in [-0.3, -0.25) is 14.2 Å². The third kappa shape index (κ3) is 4.08. The van der Waals surface area contributed by atoms with Crippen LogP contribution in [0, 0.1) is 0 Å². The molecule has 2 aromatic carbocycles. The second-order valence-corrected chi connectivity index (χ2v) is 8.08. The van der Waals surface area contributed by atoms with E-state index in [1.807, 2.05) is 19.9 Å². The number of thioether (sulfide) groups is 1. The first-order chi connectivity index (χ1) is 13.3. The lowest BCUT2D eigenvalue weighted by molar-refractivity contribution is 0.101. The van der Waals surface area contributed by atoms with Crippen molar-refractivity contribution < 1.29 is 9.53 Å². The highest BCUT2D eigenvalue weighted by molar-refractivity contribution is 7.98. The molecule has 0 spiro atoms. The second kappa shape index (κ2) is 8.37. The highest BCUT2D eigenvalue weighted by Gasteiger charge is 2.16. The van der Waals surface area contributed by atoms with Gasteiger partial charge in [-0.15, -0.1) is 0 Å². The van der Waals surface area contributed by atoms with E-state index in [-0.39, 0.29) is 17.4 Å². The lowest BCUT2D eigenvalue weighted by Crippen LogP contribution is -2.25. The van der Waals surface area contributed by atoms with Crippen LogP contribution in [0.3, 0.4) is 0 Å². The molecule has 0 N–H and O–H groups in total. The number of nitrogens with zero attached hydrogens (tertiary/aromatic N) is 2. The Kier molecular flexibility index (Phi) is 6.10. The Labute approximate surface area is 172 Å². The summed E-state index contributed by atoms with van der Waals surface area (Å²) in [6, 6.07) is 10.4. The molecule has 0 saturated carbocycles. The van der Waals surface area contributed by atoms with Crippen molar-refractivity contribution in [3.63, 3.8) is 0 Å². The van der Waals surface area contributed by atoms with Crippen molar-refractivity contribution in [3.8, 4) is 5.75 Å². The van der Waals surface area contributed by atoms with Crippen LogP contribution in [0.5, 0.6) is 5.75 Å². The Hall–Kier alpha value is -2.31. The molecule has 7 heteroatoms. The van der Waals surface area contributed by atoms with E-state index in [0.717, 1.165) is 5.56 Å². The first kappa shape index (κ1) is 20.4. The molecule has 0 unspecified atom stereocenters. The number of carbonyl (C=O) groups excluding carboxylic acids is 1. The third-order valence-electron chi connectivity index (χ3n) is 4.39. The molecular weight excluding hydrogens is 396 g/mol. The molecule has 3 rings (SSSR count). The zero-order valence-electron chi connectivity index (χ0n) is 16.2. The number of rotatable bonds is 6. The van der Waals surface area contributed by atoms with Crippen LogP contribution in [-0.4, -0.2) is 22.4 Å². The van der Waals surface area contributed by atoms with Crippen molar-refractivity contribution in [2.75, 3.05) is 7.11 Å². The quantitative estimate of drug-likeness (QED) is 0.316. The number of aromatic nitrogens is 2. The first-order valence-electron chi connectivity index (χ1n) is 8.84. The normalized spacial score (nSPS) is 11.2. The number of Topliss-reactive ketones (excluding diaryl/α,β-unsaturated/α-hetero) is 1. The number of halogens is 1. The van der Waals surface area contributed by atoms with Gasteiger partial charge in [-0.25, -0.2) is 4.98 Å². The topological polar surface area (TPSA) is 61.2 Å². The lowest BCUT2D eigenvalue weighted by Gasteiger charge is -2.17. The zero-order chi connectivity index (χ0) is 20.4. The van der Waals surface area contributed by atoms with E-state index in [1.54, 1.807) is 42.0 Å². The molecule has 1 aromatic heterocycles. The molecule has 0 fully saturated rings. The van der Waals surface area contributed by atoms with Gasteiger partial charge >= 0.3 is 0 Å². The number of methoxy groups -OCH3 is 1. The van der Waals surface area contributed by atoms with Gasteiger partial charge in [-0.05, 0) is 57.2 Å². The summed E-state index contributed by atoms with van der Waals surface area (Å²) in [6.07, 6.45) is 0. The fraction of sp³-hybridized carbons (Fsp3) is 0.286. The molecule has 3 aromatic rings. The van der Waals surface area contributed by atoms with Crippen molar-refractivity contribution in [2.24, 2.45) is 0 Å². The van der Waals surface area contributed by atoms with Crippen LogP contribution in [0.25, 0.3) is 10.9 Å². The minimum atomic E-state index is -0.0939. The van der Waals surface area contributed by atoms with Crippen LogP contribution in [0.2, 0.25) is 5.02 Å². The number of carbonyl (C=O) groups is 1. The molecule has 0 amide bonds. The van der Waals surface area contributed by atoms with Gasteiger partial charge in [0.05, 0.1) is 18.0 Å². The largest absolute Gasteiger partial charge is 0.496 e. The summed E-state index contributed by atoms with van der Waals surface area (Å²) < 4.78 is 7.11. The summed E-state index contributed by atoms with van der Waals surface area (Å²) >= 11 is 7.51. The highest BCUT2D eigenvalue weighted by Crippen LogP contribution is 2.30. The van der Waals surface area contributed by atoms with Gasteiger partial charge in [0.1, 0.15) is 5.75 Å². The Bertz CT molecular complexity index is 1110. The van der Waals surface area contributed by atoms with Crippen molar-refractivity contribution in [1.29, 1.82) is 0 Å². The maximum absolute atomic E-state index is 13.0. The summed E-state index contributed by atoms with van der Waals surface area (Å²) in [5.74, 6) is 1.20. The number of fused-ring (bicyclic) bond motifs is 1. The number of benzene rings is 2. The van der Waals surface area contributed by atoms with E-state index in [1.165, 1.54) is 18.7 Å². The predicted molar refractivity (Wildman–Crippen MR) is 114 cm³/mol. The van der Waals surface area contributed by atoms with Crippen molar-refractivity contribution in [2.45, 2.75) is 37.7 Å². The first-order valence-corrected chi connectivity index (χ1v) is 10.2. The Morgan fingerprint density at radius 1 is 1.25 bits per heavy atom. The van der Waals surface area contributed by atoms with Crippen molar-refractivity contribution in [3.05, 3.63) is 62.9 Å². The average molecular weight is 417 g/mol. The molecule has 0 atom stereocenters. The number of ketones is 1.